The van der Waals surface area contributed by atoms with Gasteiger partial charge in [-0.25, -0.2) is 8.78 Å². The van der Waals surface area contributed by atoms with E-state index in [2.05, 4.69) is 10.2 Å². The Labute approximate surface area is 114 Å². The van der Waals surface area contributed by atoms with Crippen molar-refractivity contribution in [2.75, 3.05) is 5.73 Å². The highest BCUT2D eigenvalue weighted by Gasteiger charge is 2.17. The SMILES string of the molecule is Nc1n[nH]c(-c2cccc(F)c2)c1-c1ccccc1F. The zero-order valence-electron chi connectivity index (χ0n) is 10.4. The van der Waals surface area contributed by atoms with Crippen LogP contribution in [0.15, 0.2) is 48.5 Å². The van der Waals surface area contributed by atoms with E-state index in [1.54, 1.807) is 30.3 Å². The molecule has 5 heteroatoms. The fourth-order valence-corrected chi connectivity index (χ4v) is 2.15. The molecule has 0 fully saturated rings. The first-order chi connectivity index (χ1) is 9.66. The average Bonchev–Trinajstić information content (AvgIpc) is 2.81. The van der Waals surface area contributed by atoms with Gasteiger partial charge in [-0.1, -0.05) is 30.3 Å². The number of halogens is 2. The van der Waals surface area contributed by atoms with E-state index in [0.29, 0.717) is 22.4 Å². The lowest BCUT2D eigenvalue weighted by Crippen LogP contribution is -1.91. The van der Waals surface area contributed by atoms with Crippen LogP contribution in [0.2, 0.25) is 0 Å². The molecular formula is C15H11F2N3. The standard InChI is InChI=1S/C15H11F2N3/c16-10-5-3-4-9(8-10)14-13(15(18)20-19-14)11-6-1-2-7-12(11)17/h1-8H,(H3,18,19,20). The first-order valence-electron chi connectivity index (χ1n) is 6.01. The number of benzene rings is 2. The Morgan fingerprint density at radius 2 is 1.80 bits per heavy atom. The van der Waals surface area contributed by atoms with E-state index in [0.717, 1.165) is 0 Å². The van der Waals surface area contributed by atoms with E-state index in [4.69, 9.17) is 5.73 Å². The number of H-pyrrole nitrogens is 1. The lowest BCUT2D eigenvalue weighted by Gasteiger charge is -2.06. The zero-order chi connectivity index (χ0) is 14.1. The van der Waals surface area contributed by atoms with E-state index in [1.807, 2.05) is 0 Å². The van der Waals surface area contributed by atoms with Crippen molar-refractivity contribution in [1.82, 2.24) is 10.2 Å². The zero-order valence-corrected chi connectivity index (χ0v) is 10.4. The maximum absolute atomic E-state index is 13.9. The van der Waals surface area contributed by atoms with Crippen molar-refractivity contribution in [2.45, 2.75) is 0 Å². The van der Waals surface area contributed by atoms with Gasteiger partial charge >= 0.3 is 0 Å². The molecule has 3 nitrogen and oxygen atoms in total. The van der Waals surface area contributed by atoms with Crippen molar-refractivity contribution in [3.05, 3.63) is 60.2 Å². The molecule has 0 bridgehead atoms. The fourth-order valence-electron chi connectivity index (χ4n) is 2.15. The van der Waals surface area contributed by atoms with Crippen molar-refractivity contribution in [3.63, 3.8) is 0 Å². The lowest BCUT2D eigenvalue weighted by atomic mass is 10.0. The summed E-state index contributed by atoms with van der Waals surface area (Å²) in [5, 5.41) is 6.64. The second kappa shape index (κ2) is 4.77. The summed E-state index contributed by atoms with van der Waals surface area (Å²) in [6.07, 6.45) is 0. The maximum atomic E-state index is 13.9. The van der Waals surface area contributed by atoms with Gasteiger partial charge in [0, 0.05) is 11.1 Å². The quantitative estimate of drug-likeness (QED) is 0.748. The van der Waals surface area contributed by atoms with Gasteiger partial charge in [0.05, 0.1) is 11.3 Å². The molecule has 3 aromatic rings. The number of aromatic amines is 1. The second-order valence-electron chi connectivity index (χ2n) is 4.35. The first-order valence-corrected chi connectivity index (χ1v) is 6.01. The summed E-state index contributed by atoms with van der Waals surface area (Å²) >= 11 is 0. The van der Waals surface area contributed by atoms with Crippen molar-refractivity contribution in [3.8, 4) is 22.4 Å². The first kappa shape index (κ1) is 12.3. The molecule has 0 unspecified atom stereocenters. The molecule has 0 saturated carbocycles. The predicted molar refractivity (Wildman–Crippen MR) is 73.8 cm³/mol. The third-order valence-electron chi connectivity index (χ3n) is 3.05. The van der Waals surface area contributed by atoms with Gasteiger partial charge in [-0.2, -0.15) is 5.10 Å². The van der Waals surface area contributed by atoms with Gasteiger partial charge in [-0.3, -0.25) is 5.10 Å². The van der Waals surface area contributed by atoms with Crippen LogP contribution in [-0.2, 0) is 0 Å². The second-order valence-corrected chi connectivity index (χ2v) is 4.35. The molecule has 3 rings (SSSR count). The monoisotopic (exact) mass is 271 g/mol. The summed E-state index contributed by atoms with van der Waals surface area (Å²) in [6, 6.07) is 12.2. The van der Waals surface area contributed by atoms with Crippen molar-refractivity contribution < 1.29 is 8.78 Å². The molecule has 0 aliphatic heterocycles. The highest BCUT2D eigenvalue weighted by molar-refractivity contribution is 5.87. The van der Waals surface area contributed by atoms with Gasteiger partial charge in [0.15, 0.2) is 5.82 Å². The highest BCUT2D eigenvalue weighted by Crippen LogP contribution is 2.35. The van der Waals surface area contributed by atoms with Gasteiger partial charge in [-0.05, 0) is 18.2 Å². The van der Waals surface area contributed by atoms with Crippen molar-refractivity contribution in [1.29, 1.82) is 0 Å². The number of rotatable bonds is 2. The molecule has 2 aromatic carbocycles. The molecule has 100 valence electrons. The van der Waals surface area contributed by atoms with Crippen LogP contribution in [0.25, 0.3) is 22.4 Å². The van der Waals surface area contributed by atoms with E-state index in [9.17, 15) is 8.78 Å². The molecule has 0 radical (unpaired) electrons. The fraction of sp³-hybridized carbons (Fsp3) is 0. The number of nitrogens with two attached hydrogens (primary N) is 1. The van der Waals surface area contributed by atoms with Crippen LogP contribution in [-0.4, -0.2) is 10.2 Å². The summed E-state index contributed by atoms with van der Waals surface area (Å²) in [5.74, 6) is -0.609. The largest absolute Gasteiger partial charge is 0.382 e. The summed E-state index contributed by atoms with van der Waals surface area (Å²) in [4.78, 5) is 0. The Morgan fingerprint density at radius 1 is 1.00 bits per heavy atom. The summed E-state index contributed by atoms with van der Waals surface area (Å²) in [5.41, 5.74) is 7.64. The van der Waals surface area contributed by atoms with Crippen molar-refractivity contribution in [2.24, 2.45) is 0 Å². The van der Waals surface area contributed by atoms with Crippen LogP contribution in [0.1, 0.15) is 0 Å². The highest BCUT2D eigenvalue weighted by atomic mass is 19.1. The molecule has 0 spiro atoms. The molecule has 1 aromatic heterocycles. The van der Waals surface area contributed by atoms with Crippen LogP contribution >= 0.6 is 0 Å². The summed E-state index contributed by atoms with van der Waals surface area (Å²) < 4.78 is 27.3. The topological polar surface area (TPSA) is 54.7 Å². The smallest absolute Gasteiger partial charge is 0.153 e. The van der Waals surface area contributed by atoms with Crippen molar-refractivity contribution >= 4 is 5.82 Å². The molecule has 3 N–H and O–H groups in total. The van der Waals surface area contributed by atoms with Gasteiger partial charge in [0.1, 0.15) is 11.6 Å². The Hall–Kier alpha value is -2.69. The number of nitrogens with zero attached hydrogens (tertiary/aromatic N) is 1. The summed E-state index contributed by atoms with van der Waals surface area (Å²) in [6.45, 7) is 0. The molecule has 0 amide bonds. The van der Waals surface area contributed by atoms with Crippen LogP contribution in [0.3, 0.4) is 0 Å². The lowest BCUT2D eigenvalue weighted by molar-refractivity contribution is 0.628. The Morgan fingerprint density at radius 3 is 2.55 bits per heavy atom. The third-order valence-corrected chi connectivity index (χ3v) is 3.05. The Kier molecular flexibility index (Phi) is 2.95. The van der Waals surface area contributed by atoms with Gasteiger partial charge in [-0.15, -0.1) is 0 Å². The van der Waals surface area contributed by atoms with Crippen LogP contribution in [0, 0.1) is 11.6 Å². The van der Waals surface area contributed by atoms with E-state index >= 15 is 0 Å². The summed E-state index contributed by atoms with van der Waals surface area (Å²) in [7, 11) is 0. The molecule has 20 heavy (non-hydrogen) atoms. The normalized spacial score (nSPS) is 10.7. The minimum Gasteiger partial charge on any atom is -0.382 e. The molecular weight excluding hydrogens is 260 g/mol. The molecule has 0 saturated heterocycles. The van der Waals surface area contributed by atoms with Crippen LogP contribution in [0.4, 0.5) is 14.6 Å². The third kappa shape index (κ3) is 2.03. The van der Waals surface area contributed by atoms with Gasteiger partial charge < -0.3 is 5.73 Å². The minimum absolute atomic E-state index is 0.175. The van der Waals surface area contributed by atoms with Gasteiger partial charge in [0.2, 0.25) is 0 Å². The van der Waals surface area contributed by atoms with E-state index < -0.39 is 5.82 Å². The van der Waals surface area contributed by atoms with Crippen LogP contribution in [0.5, 0.6) is 0 Å². The van der Waals surface area contributed by atoms with E-state index in [-0.39, 0.29) is 11.6 Å². The van der Waals surface area contributed by atoms with E-state index in [1.165, 1.54) is 18.2 Å². The van der Waals surface area contributed by atoms with Gasteiger partial charge in [0.25, 0.3) is 0 Å². The predicted octanol–water partition coefficient (Wildman–Crippen LogP) is 3.60. The molecule has 0 atom stereocenters. The number of anilines is 1. The number of nitrogens with one attached hydrogen (secondary N) is 1. The Bertz CT molecular complexity index is 765. The Balaban J connectivity index is 2.23. The maximum Gasteiger partial charge on any atom is 0.153 e. The average molecular weight is 271 g/mol. The molecule has 0 aliphatic carbocycles. The number of aromatic nitrogens is 2. The molecule has 1 heterocycles. The number of hydrogen-bond donors (Lipinski definition) is 2. The minimum atomic E-state index is -0.404. The number of hydrogen-bond acceptors (Lipinski definition) is 2. The molecule has 0 aliphatic rings. The number of nitrogen functional groups attached to an aromatic ring is 1. The van der Waals surface area contributed by atoms with Crippen LogP contribution < -0.4 is 5.73 Å².